The van der Waals surface area contributed by atoms with Gasteiger partial charge in [-0.25, -0.2) is 0 Å². The molecule has 2 aromatic rings. The first-order valence-electron chi connectivity index (χ1n) is 5.67. The van der Waals surface area contributed by atoms with Crippen LogP contribution in [0.3, 0.4) is 0 Å². The van der Waals surface area contributed by atoms with Crippen LogP contribution in [0.25, 0.3) is 10.9 Å². The van der Waals surface area contributed by atoms with Crippen molar-refractivity contribution >= 4 is 26.8 Å². The lowest BCUT2D eigenvalue weighted by molar-refractivity contribution is 0.582. The number of rotatable bonds is 2. The van der Waals surface area contributed by atoms with Gasteiger partial charge in [-0.1, -0.05) is 12.1 Å². The monoisotopic (exact) mass is 279 g/mol. The maximum Gasteiger partial charge on any atom is 0.109 e. The fourth-order valence-corrected chi connectivity index (χ4v) is 3.01. The maximum atomic E-state index is 4.27. The van der Waals surface area contributed by atoms with Gasteiger partial charge in [-0.2, -0.15) is 5.10 Å². The van der Waals surface area contributed by atoms with Crippen LogP contribution < -0.4 is 5.32 Å². The van der Waals surface area contributed by atoms with Gasteiger partial charge < -0.3 is 5.32 Å². The molecular formula is C12H14BrN3. The van der Waals surface area contributed by atoms with E-state index in [1.165, 1.54) is 17.4 Å². The highest BCUT2D eigenvalue weighted by Gasteiger charge is 2.17. The number of aromatic amines is 1. The largest absolute Gasteiger partial charge is 0.316 e. The molecule has 1 fully saturated rings. The Kier molecular flexibility index (Phi) is 2.69. The van der Waals surface area contributed by atoms with Crippen molar-refractivity contribution < 1.29 is 0 Å². The Bertz CT molecular complexity index is 500. The molecule has 16 heavy (non-hydrogen) atoms. The van der Waals surface area contributed by atoms with Crippen molar-refractivity contribution in [2.75, 3.05) is 13.1 Å². The molecule has 1 aliphatic rings. The summed E-state index contributed by atoms with van der Waals surface area (Å²) in [7, 11) is 0. The number of hydrogen-bond acceptors (Lipinski definition) is 2. The molecule has 0 aliphatic carbocycles. The Morgan fingerprint density at radius 2 is 2.38 bits per heavy atom. The lowest BCUT2D eigenvalue weighted by Crippen LogP contribution is -2.10. The minimum Gasteiger partial charge on any atom is -0.316 e. The Labute approximate surface area is 103 Å². The van der Waals surface area contributed by atoms with Gasteiger partial charge in [0.15, 0.2) is 0 Å². The predicted molar refractivity (Wildman–Crippen MR) is 68.5 cm³/mol. The number of nitrogens with one attached hydrogen (secondary N) is 2. The molecule has 1 aromatic carbocycles. The van der Waals surface area contributed by atoms with Crippen LogP contribution in [-0.4, -0.2) is 23.3 Å². The second kappa shape index (κ2) is 4.18. The van der Waals surface area contributed by atoms with Gasteiger partial charge in [-0.3, -0.25) is 5.10 Å². The SMILES string of the molecule is Brc1[nH]nc2cccc(CC3CCNC3)c12. The molecule has 0 amide bonds. The predicted octanol–water partition coefficient (Wildman–Crippen LogP) is 2.48. The lowest BCUT2D eigenvalue weighted by atomic mass is 9.96. The van der Waals surface area contributed by atoms with Gasteiger partial charge >= 0.3 is 0 Å². The molecule has 1 atom stereocenters. The van der Waals surface area contributed by atoms with Crippen molar-refractivity contribution in [3.63, 3.8) is 0 Å². The molecule has 1 aromatic heterocycles. The second-order valence-electron chi connectivity index (χ2n) is 4.41. The van der Waals surface area contributed by atoms with Crippen LogP contribution in [0.4, 0.5) is 0 Å². The Hall–Kier alpha value is -0.870. The fourth-order valence-electron chi connectivity index (χ4n) is 2.47. The molecular weight excluding hydrogens is 266 g/mol. The third-order valence-corrected chi connectivity index (χ3v) is 3.87. The Morgan fingerprint density at radius 3 is 3.19 bits per heavy atom. The Morgan fingerprint density at radius 1 is 1.44 bits per heavy atom. The van der Waals surface area contributed by atoms with Gasteiger partial charge in [0, 0.05) is 5.39 Å². The number of benzene rings is 1. The van der Waals surface area contributed by atoms with E-state index in [0.717, 1.165) is 35.5 Å². The first-order chi connectivity index (χ1) is 7.84. The van der Waals surface area contributed by atoms with Crippen LogP contribution in [-0.2, 0) is 6.42 Å². The maximum absolute atomic E-state index is 4.27. The molecule has 0 spiro atoms. The smallest absolute Gasteiger partial charge is 0.109 e. The molecule has 4 heteroatoms. The third kappa shape index (κ3) is 1.76. The molecule has 0 saturated carbocycles. The van der Waals surface area contributed by atoms with E-state index < -0.39 is 0 Å². The van der Waals surface area contributed by atoms with E-state index in [-0.39, 0.29) is 0 Å². The summed E-state index contributed by atoms with van der Waals surface area (Å²) in [6, 6.07) is 6.35. The van der Waals surface area contributed by atoms with E-state index in [0.29, 0.717) is 0 Å². The van der Waals surface area contributed by atoms with Crippen LogP contribution in [0.5, 0.6) is 0 Å². The zero-order chi connectivity index (χ0) is 11.0. The molecule has 1 saturated heterocycles. The van der Waals surface area contributed by atoms with E-state index in [4.69, 9.17) is 0 Å². The number of nitrogens with zero attached hydrogens (tertiary/aromatic N) is 1. The number of halogens is 1. The highest BCUT2D eigenvalue weighted by atomic mass is 79.9. The molecule has 2 N–H and O–H groups in total. The molecule has 84 valence electrons. The van der Waals surface area contributed by atoms with Crippen LogP contribution in [0.2, 0.25) is 0 Å². The minimum absolute atomic E-state index is 0.771. The summed E-state index contributed by atoms with van der Waals surface area (Å²) in [5.74, 6) is 0.771. The van der Waals surface area contributed by atoms with E-state index in [9.17, 15) is 0 Å². The molecule has 0 radical (unpaired) electrons. The van der Waals surface area contributed by atoms with Crippen molar-refractivity contribution in [2.24, 2.45) is 5.92 Å². The summed E-state index contributed by atoms with van der Waals surface area (Å²) in [6.07, 6.45) is 2.42. The van der Waals surface area contributed by atoms with Gasteiger partial charge in [0.25, 0.3) is 0 Å². The van der Waals surface area contributed by atoms with Gasteiger partial charge in [-0.15, -0.1) is 0 Å². The first-order valence-corrected chi connectivity index (χ1v) is 6.46. The normalized spacial score (nSPS) is 20.7. The highest BCUT2D eigenvalue weighted by Crippen LogP contribution is 2.27. The topological polar surface area (TPSA) is 40.7 Å². The zero-order valence-electron chi connectivity index (χ0n) is 8.96. The average Bonchev–Trinajstić information content (AvgIpc) is 2.90. The van der Waals surface area contributed by atoms with Gasteiger partial charge in [0.2, 0.25) is 0 Å². The molecule has 2 heterocycles. The summed E-state index contributed by atoms with van der Waals surface area (Å²) in [5, 5.41) is 11.9. The van der Waals surface area contributed by atoms with Crippen LogP contribution in [0.15, 0.2) is 22.8 Å². The second-order valence-corrected chi connectivity index (χ2v) is 5.20. The summed E-state index contributed by atoms with van der Waals surface area (Å²) < 4.78 is 1.00. The molecule has 3 nitrogen and oxygen atoms in total. The van der Waals surface area contributed by atoms with Gasteiger partial charge in [0.1, 0.15) is 4.60 Å². The zero-order valence-corrected chi connectivity index (χ0v) is 10.5. The van der Waals surface area contributed by atoms with E-state index >= 15 is 0 Å². The molecule has 1 aliphatic heterocycles. The van der Waals surface area contributed by atoms with Crippen molar-refractivity contribution in [2.45, 2.75) is 12.8 Å². The van der Waals surface area contributed by atoms with E-state index in [1.807, 2.05) is 6.07 Å². The van der Waals surface area contributed by atoms with Crippen molar-refractivity contribution in [1.82, 2.24) is 15.5 Å². The standard InChI is InChI=1S/C12H14BrN3/c13-12-11-9(6-8-4-5-14-7-8)2-1-3-10(11)15-16-12/h1-3,8,14H,4-7H2,(H,15,16). The number of hydrogen-bond donors (Lipinski definition) is 2. The van der Waals surface area contributed by atoms with Crippen LogP contribution in [0.1, 0.15) is 12.0 Å². The quantitative estimate of drug-likeness (QED) is 0.887. The number of fused-ring (bicyclic) bond motifs is 1. The summed E-state index contributed by atoms with van der Waals surface area (Å²) in [4.78, 5) is 0. The van der Waals surface area contributed by atoms with Crippen molar-refractivity contribution in [3.05, 3.63) is 28.4 Å². The fraction of sp³-hybridized carbons (Fsp3) is 0.417. The first kappa shape index (κ1) is 10.3. The molecule has 3 rings (SSSR count). The van der Waals surface area contributed by atoms with Gasteiger partial charge in [-0.05, 0) is 59.4 Å². The number of aromatic nitrogens is 2. The third-order valence-electron chi connectivity index (χ3n) is 3.29. The summed E-state index contributed by atoms with van der Waals surface area (Å²) in [6.45, 7) is 2.30. The van der Waals surface area contributed by atoms with Crippen LogP contribution >= 0.6 is 15.9 Å². The molecule has 0 bridgehead atoms. The summed E-state index contributed by atoms with van der Waals surface area (Å²) in [5.41, 5.74) is 2.45. The van der Waals surface area contributed by atoms with Crippen LogP contribution in [0, 0.1) is 5.92 Å². The minimum atomic E-state index is 0.771. The van der Waals surface area contributed by atoms with Crippen molar-refractivity contribution in [3.8, 4) is 0 Å². The lowest BCUT2D eigenvalue weighted by Gasteiger charge is -2.09. The van der Waals surface area contributed by atoms with E-state index in [2.05, 4.69) is 43.6 Å². The average molecular weight is 280 g/mol. The Balaban J connectivity index is 1.98. The molecule has 1 unspecified atom stereocenters. The van der Waals surface area contributed by atoms with E-state index in [1.54, 1.807) is 0 Å². The van der Waals surface area contributed by atoms with Crippen molar-refractivity contribution in [1.29, 1.82) is 0 Å². The number of H-pyrrole nitrogens is 1. The highest BCUT2D eigenvalue weighted by molar-refractivity contribution is 9.10. The van der Waals surface area contributed by atoms with Gasteiger partial charge in [0.05, 0.1) is 5.52 Å². The summed E-state index contributed by atoms with van der Waals surface area (Å²) >= 11 is 3.53.